The fourth-order valence-corrected chi connectivity index (χ4v) is 7.01. The second-order valence-electron chi connectivity index (χ2n) is 10.4. The Balaban J connectivity index is 1.28. The normalized spacial score (nSPS) is 12.2. The molecule has 0 N–H and O–H groups in total. The molecule has 0 spiro atoms. The average molecular weight is 543 g/mol. The monoisotopic (exact) mass is 542 g/mol. The summed E-state index contributed by atoms with van der Waals surface area (Å²) in [4.78, 5) is 5.05. The van der Waals surface area contributed by atoms with E-state index in [4.69, 9.17) is 4.98 Å². The zero-order chi connectivity index (χ0) is 27.2. The van der Waals surface area contributed by atoms with E-state index in [9.17, 15) is 0 Å². The van der Waals surface area contributed by atoms with Crippen molar-refractivity contribution in [2.45, 2.75) is 10.9 Å². The van der Waals surface area contributed by atoms with E-state index in [1.165, 1.54) is 55.8 Å². The lowest BCUT2D eigenvalue weighted by Crippen LogP contribution is -2.05. The minimum absolute atomic E-state index is 0.957. The summed E-state index contributed by atoms with van der Waals surface area (Å²) >= 11 is 1.81. The molecular formula is C38H26N2S. The van der Waals surface area contributed by atoms with Gasteiger partial charge in [0.25, 0.3) is 0 Å². The first kappa shape index (κ1) is 24.0. The molecule has 1 aliphatic rings. The molecule has 0 saturated carbocycles. The van der Waals surface area contributed by atoms with Gasteiger partial charge in [0.1, 0.15) is 0 Å². The van der Waals surface area contributed by atoms with Crippen LogP contribution < -0.4 is 0 Å². The quantitative estimate of drug-likeness (QED) is 0.220. The molecule has 1 aromatic heterocycles. The fourth-order valence-electron chi connectivity index (χ4n) is 5.99. The van der Waals surface area contributed by atoms with Gasteiger partial charge in [0, 0.05) is 5.75 Å². The second kappa shape index (κ2) is 9.96. The van der Waals surface area contributed by atoms with Crippen LogP contribution in [0.3, 0.4) is 0 Å². The average Bonchev–Trinajstić information content (AvgIpc) is 3.44. The lowest BCUT2D eigenvalue weighted by atomic mass is 9.86. The van der Waals surface area contributed by atoms with Crippen LogP contribution in [0.5, 0.6) is 0 Å². The van der Waals surface area contributed by atoms with Gasteiger partial charge in [0.05, 0.1) is 16.7 Å². The Bertz CT molecular complexity index is 1980. The van der Waals surface area contributed by atoms with Crippen molar-refractivity contribution in [3.8, 4) is 50.2 Å². The molecule has 8 rings (SSSR count). The lowest BCUT2D eigenvalue weighted by Gasteiger charge is -2.18. The molecule has 0 atom stereocenters. The van der Waals surface area contributed by atoms with Gasteiger partial charge in [-0.15, -0.1) is 0 Å². The van der Waals surface area contributed by atoms with Gasteiger partial charge in [0.2, 0.25) is 0 Å². The molecule has 3 heteroatoms. The van der Waals surface area contributed by atoms with E-state index in [1.54, 1.807) is 0 Å². The maximum absolute atomic E-state index is 5.05. The standard InChI is InChI=1S/C38H26N2S/c1-3-11-26(12-4-1)32-18-10-19-33(27-13-5-2-6-14-27)37(32)30-17-9-16-28(23-30)29-21-22-36-34(24-29)39-38-40(36)35-20-8-7-15-31(35)25-41-38/h1-24H,25H2. The van der Waals surface area contributed by atoms with Crippen molar-refractivity contribution in [1.29, 1.82) is 0 Å². The smallest absolute Gasteiger partial charge is 0.174 e. The van der Waals surface area contributed by atoms with Crippen molar-refractivity contribution >= 4 is 22.8 Å². The third-order valence-corrected chi connectivity index (χ3v) is 8.92. The third-order valence-electron chi connectivity index (χ3n) is 7.93. The van der Waals surface area contributed by atoms with Gasteiger partial charge in [-0.2, -0.15) is 0 Å². The number of nitrogens with zero attached hydrogens (tertiary/aromatic N) is 2. The highest BCUT2D eigenvalue weighted by Crippen LogP contribution is 2.42. The number of hydrogen-bond acceptors (Lipinski definition) is 2. The minimum atomic E-state index is 0.957. The summed E-state index contributed by atoms with van der Waals surface area (Å²) in [5.74, 6) is 0.957. The number of aromatic nitrogens is 2. The van der Waals surface area contributed by atoms with E-state index < -0.39 is 0 Å². The molecule has 1 aliphatic heterocycles. The summed E-state index contributed by atoms with van der Waals surface area (Å²) in [6.45, 7) is 0. The summed E-state index contributed by atoms with van der Waals surface area (Å²) in [5.41, 5.74) is 14.5. The van der Waals surface area contributed by atoms with Crippen LogP contribution in [0.15, 0.2) is 151 Å². The molecule has 0 amide bonds. The molecule has 0 radical (unpaired) electrons. The highest BCUT2D eigenvalue weighted by molar-refractivity contribution is 7.98. The second-order valence-corrected chi connectivity index (χ2v) is 11.3. The maximum atomic E-state index is 5.05. The Morgan fingerprint density at radius 2 is 1.12 bits per heavy atom. The molecule has 2 nitrogen and oxygen atoms in total. The zero-order valence-corrected chi connectivity index (χ0v) is 23.2. The Morgan fingerprint density at radius 1 is 0.512 bits per heavy atom. The SMILES string of the molecule is c1ccc(-c2cccc(-c3ccccc3)c2-c2cccc(-c3ccc4c(c3)nc3n4-c4ccccc4CS3)c2)cc1. The Hall–Kier alpha value is -4.86. The van der Waals surface area contributed by atoms with Gasteiger partial charge in [-0.3, -0.25) is 4.57 Å². The molecule has 6 aromatic carbocycles. The van der Waals surface area contributed by atoms with Crippen molar-refractivity contribution in [3.05, 3.63) is 151 Å². The number of benzene rings is 6. The molecular weight excluding hydrogens is 516 g/mol. The van der Waals surface area contributed by atoms with Crippen molar-refractivity contribution in [2.75, 3.05) is 0 Å². The van der Waals surface area contributed by atoms with Crippen molar-refractivity contribution in [3.63, 3.8) is 0 Å². The van der Waals surface area contributed by atoms with Gasteiger partial charge < -0.3 is 0 Å². The van der Waals surface area contributed by atoms with E-state index in [2.05, 4.69) is 150 Å². The molecule has 0 saturated heterocycles. The number of imidazole rings is 1. The van der Waals surface area contributed by atoms with Crippen LogP contribution in [-0.2, 0) is 5.75 Å². The molecule has 0 aliphatic carbocycles. The van der Waals surface area contributed by atoms with Gasteiger partial charge in [0.15, 0.2) is 5.16 Å². The Kier molecular flexibility index (Phi) is 5.82. The van der Waals surface area contributed by atoms with Gasteiger partial charge in [-0.1, -0.05) is 133 Å². The summed E-state index contributed by atoms with van der Waals surface area (Å²) in [5, 5.41) is 1.06. The van der Waals surface area contributed by atoms with E-state index in [-0.39, 0.29) is 0 Å². The van der Waals surface area contributed by atoms with E-state index in [0.717, 1.165) is 21.9 Å². The van der Waals surface area contributed by atoms with Crippen LogP contribution in [0.1, 0.15) is 5.56 Å². The Morgan fingerprint density at radius 3 is 1.88 bits per heavy atom. The lowest BCUT2D eigenvalue weighted by molar-refractivity contribution is 0.894. The van der Waals surface area contributed by atoms with Crippen molar-refractivity contribution in [2.24, 2.45) is 0 Å². The van der Waals surface area contributed by atoms with Crippen LogP contribution in [0.4, 0.5) is 0 Å². The molecule has 0 fully saturated rings. The van der Waals surface area contributed by atoms with Crippen LogP contribution in [-0.4, -0.2) is 9.55 Å². The van der Waals surface area contributed by atoms with Crippen LogP contribution >= 0.6 is 11.8 Å². The molecule has 194 valence electrons. The highest BCUT2D eigenvalue weighted by Gasteiger charge is 2.21. The minimum Gasteiger partial charge on any atom is -0.287 e. The molecule has 41 heavy (non-hydrogen) atoms. The molecule has 7 aromatic rings. The number of hydrogen-bond donors (Lipinski definition) is 0. The maximum Gasteiger partial charge on any atom is 0.174 e. The first-order chi connectivity index (χ1) is 20.3. The number of para-hydroxylation sites is 1. The fraction of sp³-hybridized carbons (Fsp3) is 0.0263. The number of rotatable bonds is 4. The summed E-state index contributed by atoms with van der Waals surface area (Å²) < 4.78 is 2.31. The number of fused-ring (bicyclic) bond motifs is 5. The van der Waals surface area contributed by atoms with Crippen LogP contribution in [0.25, 0.3) is 61.2 Å². The predicted octanol–water partition coefficient (Wildman–Crippen LogP) is 10.3. The summed E-state index contributed by atoms with van der Waals surface area (Å²) in [6, 6.07) is 52.3. The summed E-state index contributed by atoms with van der Waals surface area (Å²) in [6.07, 6.45) is 0. The topological polar surface area (TPSA) is 17.8 Å². The van der Waals surface area contributed by atoms with Gasteiger partial charge >= 0.3 is 0 Å². The predicted molar refractivity (Wildman–Crippen MR) is 172 cm³/mol. The van der Waals surface area contributed by atoms with E-state index in [1.807, 2.05) is 11.8 Å². The zero-order valence-electron chi connectivity index (χ0n) is 22.4. The molecule has 0 bridgehead atoms. The highest BCUT2D eigenvalue weighted by atomic mass is 32.2. The first-order valence-electron chi connectivity index (χ1n) is 13.9. The third kappa shape index (κ3) is 4.18. The number of thioether (sulfide) groups is 1. The first-order valence-corrected chi connectivity index (χ1v) is 14.9. The Labute approximate surface area is 244 Å². The van der Waals surface area contributed by atoms with Crippen molar-refractivity contribution in [1.82, 2.24) is 9.55 Å². The van der Waals surface area contributed by atoms with Crippen molar-refractivity contribution < 1.29 is 0 Å². The van der Waals surface area contributed by atoms with Gasteiger partial charge in [-0.05, 0) is 74.3 Å². The van der Waals surface area contributed by atoms with Crippen LogP contribution in [0, 0.1) is 0 Å². The molecule has 0 unspecified atom stereocenters. The van der Waals surface area contributed by atoms with E-state index in [0.29, 0.717) is 0 Å². The summed E-state index contributed by atoms with van der Waals surface area (Å²) in [7, 11) is 0. The largest absolute Gasteiger partial charge is 0.287 e. The van der Waals surface area contributed by atoms with E-state index >= 15 is 0 Å². The van der Waals surface area contributed by atoms with Gasteiger partial charge in [-0.25, -0.2) is 4.98 Å². The van der Waals surface area contributed by atoms with Crippen LogP contribution in [0.2, 0.25) is 0 Å². The molecule has 2 heterocycles.